The molecule has 0 spiro atoms. The number of aromatic nitrogens is 2. The normalized spacial score (nSPS) is 11.2. The summed E-state index contributed by atoms with van der Waals surface area (Å²) in [6, 6.07) is 7.57. The molecule has 1 aromatic carbocycles. The van der Waals surface area contributed by atoms with Crippen molar-refractivity contribution in [2.24, 2.45) is 5.41 Å². The van der Waals surface area contributed by atoms with Gasteiger partial charge in [-0.3, -0.25) is 9.48 Å². The van der Waals surface area contributed by atoms with Gasteiger partial charge < -0.3 is 0 Å². The molecule has 3 heteroatoms. The Bertz CT molecular complexity index is 739. The second-order valence-corrected chi connectivity index (χ2v) is 5.92. The molecule has 0 fully saturated rings. The SMILES string of the molecule is CCCn1nc(C#CC(C)(C)C)c(=O)c2ccccc21. The zero-order chi connectivity index (χ0) is 14.8. The molecule has 0 unspecified atom stereocenters. The predicted molar refractivity (Wildman–Crippen MR) is 82.6 cm³/mol. The van der Waals surface area contributed by atoms with Crippen LogP contribution in [0.3, 0.4) is 0 Å². The Morgan fingerprint density at radius 3 is 2.60 bits per heavy atom. The number of para-hydroxylation sites is 1. The minimum atomic E-state index is -0.144. The average molecular weight is 268 g/mol. The van der Waals surface area contributed by atoms with E-state index in [1.165, 1.54) is 0 Å². The van der Waals surface area contributed by atoms with E-state index in [0.717, 1.165) is 18.5 Å². The van der Waals surface area contributed by atoms with Gasteiger partial charge in [0.25, 0.3) is 0 Å². The molecule has 0 aliphatic heterocycles. The summed E-state index contributed by atoms with van der Waals surface area (Å²) in [5.41, 5.74) is 0.993. The van der Waals surface area contributed by atoms with Crippen LogP contribution in [0.4, 0.5) is 0 Å². The van der Waals surface area contributed by atoms with E-state index in [1.807, 2.05) is 49.7 Å². The first-order valence-electron chi connectivity index (χ1n) is 6.95. The van der Waals surface area contributed by atoms with Crippen molar-refractivity contribution in [1.82, 2.24) is 9.78 Å². The van der Waals surface area contributed by atoms with Crippen molar-refractivity contribution in [2.45, 2.75) is 40.7 Å². The maximum atomic E-state index is 12.4. The van der Waals surface area contributed by atoms with Crippen molar-refractivity contribution < 1.29 is 0 Å². The zero-order valence-corrected chi connectivity index (χ0v) is 12.5. The van der Waals surface area contributed by atoms with Crippen LogP contribution in [0, 0.1) is 17.3 Å². The summed E-state index contributed by atoms with van der Waals surface area (Å²) in [6.45, 7) is 8.93. The highest BCUT2D eigenvalue weighted by Gasteiger charge is 2.09. The summed E-state index contributed by atoms with van der Waals surface area (Å²) >= 11 is 0. The number of fused-ring (bicyclic) bond motifs is 1. The number of benzene rings is 1. The molecule has 2 rings (SSSR count). The van der Waals surface area contributed by atoms with Gasteiger partial charge >= 0.3 is 0 Å². The van der Waals surface area contributed by atoms with E-state index < -0.39 is 0 Å². The Balaban J connectivity index is 2.70. The second-order valence-electron chi connectivity index (χ2n) is 5.92. The lowest BCUT2D eigenvalue weighted by Gasteiger charge is -2.10. The first kappa shape index (κ1) is 14.3. The summed E-state index contributed by atoms with van der Waals surface area (Å²) in [5.74, 6) is 6.04. The molecule has 104 valence electrons. The number of nitrogens with zero attached hydrogens (tertiary/aromatic N) is 2. The maximum absolute atomic E-state index is 12.4. The van der Waals surface area contributed by atoms with Crippen LogP contribution in [-0.4, -0.2) is 9.78 Å². The molecule has 0 atom stereocenters. The Kier molecular flexibility index (Phi) is 3.94. The fourth-order valence-corrected chi connectivity index (χ4v) is 1.95. The molecule has 0 bridgehead atoms. The van der Waals surface area contributed by atoms with Gasteiger partial charge in [-0.25, -0.2) is 0 Å². The molecule has 0 radical (unpaired) electrons. The summed E-state index contributed by atoms with van der Waals surface area (Å²) in [4.78, 5) is 12.4. The van der Waals surface area contributed by atoms with Gasteiger partial charge in [0, 0.05) is 12.0 Å². The lowest BCUT2D eigenvalue weighted by Crippen LogP contribution is -2.17. The summed E-state index contributed by atoms with van der Waals surface area (Å²) in [7, 11) is 0. The monoisotopic (exact) mass is 268 g/mol. The van der Waals surface area contributed by atoms with Gasteiger partial charge in [-0.1, -0.05) is 25.0 Å². The fourth-order valence-electron chi connectivity index (χ4n) is 1.95. The van der Waals surface area contributed by atoms with Crippen LogP contribution in [0.5, 0.6) is 0 Å². The fraction of sp³-hybridized carbons (Fsp3) is 0.412. The van der Waals surface area contributed by atoms with Crippen LogP contribution in [0.15, 0.2) is 29.1 Å². The second kappa shape index (κ2) is 5.50. The highest BCUT2D eigenvalue weighted by atomic mass is 16.1. The lowest BCUT2D eigenvalue weighted by atomic mass is 9.98. The van der Waals surface area contributed by atoms with Crippen LogP contribution >= 0.6 is 0 Å². The van der Waals surface area contributed by atoms with Crippen molar-refractivity contribution in [2.75, 3.05) is 0 Å². The highest BCUT2D eigenvalue weighted by Crippen LogP contribution is 2.12. The Morgan fingerprint density at radius 1 is 1.25 bits per heavy atom. The minimum absolute atomic E-state index is 0.0790. The van der Waals surface area contributed by atoms with Gasteiger partial charge in [0.1, 0.15) is 0 Å². The van der Waals surface area contributed by atoms with Crippen LogP contribution in [0.2, 0.25) is 0 Å². The van der Waals surface area contributed by atoms with Gasteiger partial charge in [0.15, 0.2) is 5.69 Å². The predicted octanol–water partition coefficient (Wildman–Crippen LogP) is 3.20. The maximum Gasteiger partial charge on any atom is 0.223 e. The molecule has 0 amide bonds. The van der Waals surface area contributed by atoms with E-state index in [1.54, 1.807) is 0 Å². The molecular formula is C17H20N2O. The Morgan fingerprint density at radius 2 is 1.95 bits per heavy atom. The molecule has 3 nitrogen and oxygen atoms in total. The van der Waals surface area contributed by atoms with Crippen LogP contribution in [0.1, 0.15) is 39.8 Å². The van der Waals surface area contributed by atoms with E-state index in [9.17, 15) is 4.79 Å². The summed E-state index contributed by atoms with van der Waals surface area (Å²) < 4.78 is 1.88. The van der Waals surface area contributed by atoms with Gasteiger partial charge in [-0.05, 0) is 45.2 Å². The van der Waals surface area contributed by atoms with Gasteiger partial charge in [-0.15, -0.1) is 0 Å². The van der Waals surface area contributed by atoms with E-state index in [-0.39, 0.29) is 10.8 Å². The molecular weight excluding hydrogens is 248 g/mol. The molecule has 1 aromatic heterocycles. The first-order chi connectivity index (χ1) is 9.42. The molecule has 0 saturated carbocycles. The lowest BCUT2D eigenvalue weighted by molar-refractivity contribution is 0.570. The zero-order valence-electron chi connectivity index (χ0n) is 12.5. The summed E-state index contributed by atoms with van der Waals surface area (Å²) in [6.07, 6.45) is 0.964. The summed E-state index contributed by atoms with van der Waals surface area (Å²) in [5, 5.41) is 5.11. The molecule has 0 aliphatic carbocycles. The van der Waals surface area contributed by atoms with Gasteiger partial charge in [0.05, 0.1) is 10.9 Å². The van der Waals surface area contributed by atoms with Crippen LogP contribution in [-0.2, 0) is 6.54 Å². The number of rotatable bonds is 2. The van der Waals surface area contributed by atoms with E-state index in [2.05, 4.69) is 23.9 Å². The number of hydrogen-bond donors (Lipinski definition) is 0. The van der Waals surface area contributed by atoms with E-state index in [0.29, 0.717) is 11.1 Å². The largest absolute Gasteiger partial charge is 0.286 e. The van der Waals surface area contributed by atoms with Gasteiger partial charge in [0.2, 0.25) is 5.43 Å². The van der Waals surface area contributed by atoms with E-state index in [4.69, 9.17) is 0 Å². The van der Waals surface area contributed by atoms with Crippen LogP contribution < -0.4 is 5.43 Å². The van der Waals surface area contributed by atoms with Crippen molar-refractivity contribution in [3.05, 3.63) is 40.2 Å². The van der Waals surface area contributed by atoms with Crippen molar-refractivity contribution in [1.29, 1.82) is 0 Å². The highest BCUT2D eigenvalue weighted by molar-refractivity contribution is 5.79. The standard InChI is InChI=1S/C17H20N2O/c1-5-12-19-15-9-7-6-8-13(15)16(20)14(18-19)10-11-17(2,3)4/h6-9H,5,12H2,1-4H3. The molecule has 0 N–H and O–H groups in total. The van der Waals surface area contributed by atoms with Crippen molar-refractivity contribution >= 4 is 10.9 Å². The Labute approximate surface area is 119 Å². The van der Waals surface area contributed by atoms with Crippen molar-refractivity contribution in [3.8, 4) is 11.8 Å². The smallest absolute Gasteiger partial charge is 0.223 e. The number of hydrogen-bond acceptors (Lipinski definition) is 2. The Hall–Kier alpha value is -2.08. The number of aryl methyl sites for hydroxylation is 1. The van der Waals surface area contributed by atoms with Crippen molar-refractivity contribution in [3.63, 3.8) is 0 Å². The molecule has 1 heterocycles. The average Bonchev–Trinajstić information content (AvgIpc) is 2.40. The third-order valence-corrected chi connectivity index (χ3v) is 2.85. The molecule has 2 aromatic rings. The topological polar surface area (TPSA) is 34.9 Å². The van der Waals surface area contributed by atoms with Crippen LogP contribution in [0.25, 0.3) is 10.9 Å². The molecule has 20 heavy (non-hydrogen) atoms. The minimum Gasteiger partial charge on any atom is -0.286 e. The van der Waals surface area contributed by atoms with E-state index >= 15 is 0 Å². The van der Waals surface area contributed by atoms with Gasteiger partial charge in [-0.2, -0.15) is 5.10 Å². The third-order valence-electron chi connectivity index (χ3n) is 2.85. The molecule has 0 saturated heterocycles. The third kappa shape index (κ3) is 3.08. The molecule has 0 aliphatic rings. The quantitative estimate of drug-likeness (QED) is 0.784. The first-order valence-corrected chi connectivity index (χ1v) is 6.95.